The second-order valence-corrected chi connectivity index (χ2v) is 10.5. The van der Waals surface area contributed by atoms with Crippen LogP contribution in [0.5, 0.6) is 0 Å². The third kappa shape index (κ3) is 3.46. The molecule has 4 heterocycles. The van der Waals surface area contributed by atoms with Crippen molar-refractivity contribution in [1.82, 2.24) is 25.4 Å². The van der Waals surface area contributed by atoms with E-state index in [1.54, 1.807) is 7.05 Å². The number of amides is 1. The van der Waals surface area contributed by atoms with Gasteiger partial charge in [0.05, 0.1) is 11.2 Å². The standard InChI is InChI=1S/C26H30ClN5O/c1-13-8-21-25(29-12-13)24(31-32(21)3)20-11-19(20)17-6-7-18(26(33)28-2)22(23(17)27)14-9-15-4-5-16(10-14)30-15/h6-8,12,14-16,19-20,30H,4-5,9-11H2,1-3H3,(H,28,33)/t14?,15-,16+,19?,20?. The summed E-state index contributed by atoms with van der Waals surface area (Å²) in [6.07, 6.45) is 7.46. The van der Waals surface area contributed by atoms with Crippen LogP contribution in [0.2, 0.25) is 5.02 Å². The molecule has 1 amide bonds. The van der Waals surface area contributed by atoms with Crippen molar-refractivity contribution in [3.05, 3.63) is 57.4 Å². The van der Waals surface area contributed by atoms with Crippen molar-refractivity contribution in [3.8, 4) is 0 Å². The Morgan fingerprint density at radius 2 is 1.94 bits per heavy atom. The number of hydrogen-bond acceptors (Lipinski definition) is 4. The van der Waals surface area contributed by atoms with E-state index in [0.717, 1.165) is 63.3 Å². The van der Waals surface area contributed by atoms with Crippen molar-refractivity contribution in [1.29, 1.82) is 0 Å². The molecule has 3 unspecified atom stereocenters. The number of rotatable bonds is 4. The molecule has 6 nitrogen and oxygen atoms in total. The lowest BCUT2D eigenvalue weighted by atomic mass is 9.82. The van der Waals surface area contributed by atoms with Crippen LogP contribution in [0.3, 0.4) is 0 Å². The van der Waals surface area contributed by atoms with Gasteiger partial charge in [-0.25, -0.2) is 0 Å². The Balaban J connectivity index is 1.38. The average Bonchev–Trinajstić information content (AvgIpc) is 3.43. The van der Waals surface area contributed by atoms with Crippen LogP contribution in [-0.4, -0.2) is 39.8 Å². The largest absolute Gasteiger partial charge is 0.355 e. The summed E-state index contributed by atoms with van der Waals surface area (Å²) < 4.78 is 1.94. The molecule has 0 spiro atoms. The quantitative estimate of drug-likeness (QED) is 0.595. The fourth-order valence-electron chi connectivity index (χ4n) is 6.27. The van der Waals surface area contributed by atoms with Gasteiger partial charge >= 0.3 is 0 Å². The number of benzene rings is 1. The molecule has 5 atom stereocenters. The number of fused-ring (bicyclic) bond motifs is 3. The van der Waals surface area contributed by atoms with Gasteiger partial charge < -0.3 is 10.6 Å². The van der Waals surface area contributed by atoms with Crippen molar-refractivity contribution in [3.63, 3.8) is 0 Å². The van der Waals surface area contributed by atoms with Crippen molar-refractivity contribution in [2.75, 3.05) is 7.05 Å². The van der Waals surface area contributed by atoms with Crippen LogP contribution in [-0.2, 0) is 7.05 Å². The first kappa shape index (κ1) is 21.1. The van der Waals surface area contributed by atoms with Crippen LogP contribution in [0.15, 0.2) is 24.4 Å². The van der Waals surface area contributed by atoms with E-state index >= 15 is 0 Å². The molecule has 172 valence electrons. The summed E-state index contributed by atoms with van der Waals surface area (Å²) in [5.74, 6) is 0.895. The summed E-state index contributed by atoms with van der Waals surface area (Å²) in [5.41, 5.74) is 7.20. The van der Waals surface area contributed by atoms with E-state index in [1.807, 2.05) is 24.0 Å². The van der Waals surface area contributed by atoms with Gasteiger partial charge in [0.1, 0.15) is 5.52 Å². The molecule has 2 saturated heterocycles. The number of halogens is 1. The Bertz CT molecular complexity index is 1260. The third-order valence-corrected chi connectivity index (χ3v) is 8.38. The van der Waals surface area contributed by atoms with Crippen LogP contribution in [0, 0.1) is 6.92 Å². The highest BCUT2D eigenvalue weighted by Gasteiger charge is 2.45. The average molecular weight is 464 g/mol. The zero-order valence-corrected chi connectivity index (χ0v) is 20.1. The monoisotopic (exact) mass is 463 g/mol. The van der Waals surface area contributed by atoms with Gasteiger partial charge in [-0.15, -0.1) is 0 Å². The second-order valence-electron chi connectivity index (χ2n) is 10.2. The topological polar surface area (TPSA) is 71.8 Å². The summed E-state index contributed by atoms with van der Waals surface area (Å²) in [6.45, 7) is 2.06. The fourth-order valence-corrected chi connectivity index (χ4v) is 6.73. The van der Waals surface area contributed by atoms with Crippen LogP contribution in [0.25, 0.3) is 11.0 Å². The highest BCUT2D eigenvalue weighted by molar-refractivity contribution is 6.33. The molecule has 2 aliphatic heterocycles. The van der Waals surface area contributed by atoms with Crippen LogP contribution < -0.4 is 10.6 Å². The van der Waals surface area contributed by atoms with E-state index < -0.39 is 0 Å². The highest BCUT2D eigenvalue weighted by atomic mass is 35.5. The van der Waals surface area contributed by atoms with Crippen LogP contribution in [0.1, 0.15) is 82.6 Å². The first-order valence-electron chi connectivity index (χ1n) is 12.0. The summed E-state index contributed by atoms with van der Waals surface area (Å²) in [4.78, 5) is 17.5. The molecular weight excluding hydrogens is 434 g/mol. The molecule has 2 N–H and O–H groups in total. The van der Waals surface area contributed by atoms with Gasteiger partial charge in [0, 0.05) is 48.9 Å². The van der Waals surface area contributed by atoms with E-state index in [4.69, 9.17) is 21.7 Å². The normalized spacial score (nSPS) is 28.3. The van der Waals surface area contributed by atoms with Crippen molar-refractivity contribution < 1.29 is 4.79 Å². The predicted octanol–water partition coefficient (Wildman–Crippen LogP) is 4.56. The van der Waals surface area contributed by atoms with Gasteiger partial charge in [-0.3, -0.25) is 14.5 Å². The summed E-state index contributed by atoms with van der Waals surface area (Å²) >= 11 is 7.15. The smallest absolute Gasteiger partial charge is 0.251 e. The zero-order valence-electron chi connectivity index (χ0n) is 19.4. The molecule has 7 heteroatoms. The van der Waals surface area contributed by atoms with Crippen LogP contribution >= 0.6 is 11.6 Å². The predicted molar refractivity (Wildman–Crippen MR) is 130 cm³/mol. The Labute approximate surface area is 199 Å². The van der Waals surface area contributed by atoms with Gasteiger partial charge in [-0.1, -0.05) is 17.7 Å². The Kier molecular flexibility index (Phi) is 5.00. The molecule has 1 saturated carbocycles. The molecule has 6 rings (SSSR count). The number of nitrogens with zero attached hydrogens (tertiary/aromatic N) is 3. The number of aromatic nitrogens is 3. The van der Waals surface area contributed by atoms with Gasteiger partial charge in [-0.05, 0) is 79.7 Å². The lowest BCUT2D eigenvalue weighted by Crippen LogP contribution is -2.38. The molecule has 0 radical (unpaired) electrons. The van der Waals surface area contributed by atoms with Crippen molar-refractivity contribution >= 4 is 28.5 Å². The molecule has 3 aromatic rings. The molecule has 1 aromatic carbocycles. The maximum absolute atomic E-state index is 12.8. The SMILES string of the molecule is CNC(=O)c1ccc(C2CC2c2nn(C)c3cc(C)cnc23)c(Cl)c1C1C[C@H]2CC[C@@H](C1)N2. The molecule has 33 heavy (non-hydrogen) atoms. The lowest BCUT2D eigenvalue weighted by molar-refractivity contribution is 0.0961. The molecule has 3 fully saturated rings. The number of hydrogen-bond donors (Lipinski definition) is 2. The molecule has 2 bridgehead atoms. The maximum Gasteiger partial charge on any atom is 0.251 e. The van der Waals surface area contributed by atoms with E-state index in [0.29, 0.717) is 29.8 Å². The minimum atomic E-state index is -0.0491. The Hall–Kier alpha value is -2.44. The first-order valence-corrected chi connectivity index (χ1v) is 12.4. The molecule has 3 aliphatic rings. The number of aryl methyl sites for hydroxylation is 2. The summed E-state index contributed by atoms with van der Waals surface area (Å²) in [6, 6.07) is 7.28. The van der Waals surface area contributed by atoms with Crippen molar-refractivity contribution in [2.45, 2.75) is 68.9 Å². The Morgan fingerprint density at radius 1 is 1.18 bits per heavy atom. The third-order valence-electron chi connectivity index (χ3n) is 7.96. The van der Waals surface area contributed by atoms with E-state index in [9.17, 15) is 4.79 Å². The van der Waals surface area contributed by atoms with E-state index in [2.05, 4.69) is 29.7 Å². The van der Waals surface area contributed by atoms with Gasteiger partial charge in [0.15, 0.2) is 0 Å². The number of carbonyl (C=O) groups excluding carboxylic acids is 1. The van der Waals surface area contributed by atoms with Crippen LogP contribution in [0.4, 0.5) is 0 Å². The van der Waals surface area contributed by atoms with Crippen molar-refractivity contribution in [2.24, 2.45) is 7.05 Å². The minimum absolute atomic E-state index is 0.0491. The Morgan fingerprint density at radius 3 is 2.67 bits per heavy atom. The van der Waals surface area contributed by atoms with Gasteiger partial charge in [0.2, 0.25) is 0 Å². The number of carbonyl (C=O) groups is 1. The number of piperidine rings is 1. The number of nitrogens with one attached hydrogen (secondary N) is 2. The zero-order chi connectivity index (χ0) is 22.9. The summed E-state index contributed by atoms with van der Waals surface area (Å²) in [7, 11) is 3.68. The van der Waals surface area contributed by atoms with Gasteiger partial charge in [-0.2, -0.15) is 5.10 Å². The lowest BCUT2D eigenvalue weighted by Gasteiger charge is -2.31. The fraction of sp³-hybridized carbons (Fsp3) is 0.500. The summed E-state index contributed by atoms with van der Waals surface area (Å²) in [5, 5.41) is 12.2. The minimum Gasteiger partial charge on any atom is -0.355 e. The molecular formula is C26H30ClN5O. The van der Waals surface area contributed by atoms with Gasteiger partial charge in [0.25, 0.3) is 5.91 Å². The highest BCUT2D eigenvalue weighted by Crippen LogP contribution is 2.58. The van der Waals surface area contributed by atoms with E-state index in [-0.39, 0.29) is 5.91 Å². The van der Waals surface area contributed by atoms with E-state index in [1.165, 1.54) is 12.8 Å². The molecule has 2 aromatic heterocycles. The maximum atomic E-state index is 12.8. The molecule has 1 aliphatic carbocycles. The first-order chi connectivity index (χ1) is 15.9. The number of pyridine rings is 1. The second kappa shape index (κ2) is 7.81.